The summed E-state index contributed by atoms with van der Waals surface area (Å²) < 4.78 is 0. The van der Waals surface area contributed by atoms with Crippen LogP contribution in [0.1, 0.15) is 45.0 Å². The second-order valence-electron chi connectivity index (χ2n) is 7.08. The Hall–Kier alpha value is -4.39. The molecule has 2 aliphatic rings. The van der Waals surface area contributed by atoms with E-state index in [1.165, 1.54) is 0 Å². The Morgan fingerprint density at radius 2 is 0.727 bits per heavy atom. The number of nitrogens with zero attached hydrogens (tertiary/aromatic N) is 2. The maximum absolute atomic E-state index is 5.84. The lowest BCUT2D eigenvalue weighted by atomic mass is 10.2. The summed E-state index contributed by atoms with van der Waals surface area (Å²) in [4.78, 5) is 16.0. The fourth-order valence-corrected chi connectivity index (χ4v) is 3.81. The smallest absolute Gasteiger partial charge is 0.0815 e. The summed E-state index contributed by atoms with van der Waals surface area (Å²) >= 11 is 0. The molecule has 0 saturated heterocycles. The first-order valence-corrected chi connectivity index (χ1v) is 9.69. The van der Waals surface area contributed by atoms with Crippen LogP contribution >= 0.6 is 0 Å². The summed E-state index contributed by atoms with van der Waals surface area (Å²) in [6, 6.07) is 7.50. The van der Waals surface area contributed by atoms with Gasteiger partial charge in [0.15, 0.2) is 0 Å². The number of aromatic nitrogens is 4. The van der Waals surface area contributed by atoms with Crippen molar-refractivity contribution in [2.45, 2.75) is 0 Å². The van der Waals surface area contributed by atoms with Gasteiger partial charge in [0.2, 0.25) is 0 Å². The molecule has 0 amide bonds. The zero-order chi connectivity index (χ0) is 22.2. The molecule has 0 atom stereocenters. The van der Waals surface area contributed by atoms with Gasteiger partial charge < -0.3 is 9.97 Å². The predicted molar refractivity (Wildman–Crippen MR) is 136 cm³/mol. The molecule has 148 valence electrons. The van der Waals surface area contributed by atoms with Gasteiger partial charge in [-0.15, -0.1) is 25.7 Å². The van der Waals surface area contributed by atoms with Gasteiger partial charge in [0, 0.05) is 23.1 Å². The molecule has 0 aromatic carbocycles. The molecule has 33 heavy (non-hydrogen) atoms. The van der Waals surface area contributed by atoms with E-state index in [0.717, 1.165) is 22.1 Å². The van der Waals surface area contributed by atoms with Gasteiger partial charge in [-0.3, -0.25) is 0 Å². The van der Waals surface area contributed by atoms with Gasteiger partial charge >= 0.3 is 0 Å². The molecule has 0 spiro atoms. The van der Waals surface area contributed by atoms with Crippen molar-refractivity contribution in [1.29, 1.82) is 0 Å². The molecule has 5 heteroatoms. The number of terminal acetylenes is 4. The van der Waals surface area contributed by atoms with Crippen LogP contribution in [0.2, 0.25) is 0 Å². The quantitative estimate of drug-likeness (QED) is 0.286. The fourth-order valence-electron chi connectivity index (χ4n) is 3.81. The first-order valence-electron chi connectivity index (χ1n) is 9.69. The van der Waals surface area contributed by atoms with Crippen LogP contribution in [0, 0.1) is 49.4 Å². The minimum absolute atomic E-state index is 0. The van der Waals surface area contributed by atoms with Crippen LogP contribution in [0.4, 0.5) is 0 Å². The van der Waals surface area contributed by atoms with Crippen LogP contribution in [0.15, 0.2) is 24.3 Å². The van der Waals surface area contributed by atoms with Crippen LogP contribution in [-0.4, -0.2) is 43.0 Å². The van der Waals surface area contributed by atoms with Gasteiger partial charge in [-0.1, -0.05) is 23.7 Å². The molecule has 2 N–H and O–H groups in total. The zero-order valence-corrected chi connectivity index (χ0v) is 18.9. The molecule has 8 bridgehead atoms. The maximum Gasteiger partial charge on any atom is 0.0815 e. The predicted octanol–water partition coefficient (Wildman–Crippen LogP) is 4.20. The molecule has 0 aliphatic carbocycles. The van der Waals surface area contributed by atoms with E-state index in [4.69, 9.17) is 35.7 Å². The molecular weight excluding hydrogens is 417 g/mol. The van der Waals surface area contributed by atoms with Crippen LogP contribution in [0.25, 0.3) is 46.4 Å². The minimum Gasteiger partial charge on any atom is -0.353 e. The summed E-state index contributed by atoms with van der Waals surface area (Å²) in [6.07, 6.45) is 30.7. The Balaban J connectivity index is 0.00000259. The van der Waals surface area contributed by atoms with Crippen LogP contribution < -0.4 is 0 Å². The maximum atomic E-state index is 5.84. The lowest BCUT2D eigenvalue weighted by molar-refractivity contribution is 1.29. The molecule has 0 saturated carbocycles. The molecule has 5 rings (SSSR count). The molecular formula is C28H14MgN4. The molecule has 2 radical (unpaired) electrons. The van der Waals surface area contributed by atoms with Gasteiger partial charge in [-0.25, -0.2) is 9.97 Å². The zero-order valence-electron chi connectivity index (χ0n) is 17.5. The van der Waals surface area contributed by atoms with Crippen molar-refractivity contribution < 1.29 is 0 Å². The minimum atomic E-state index is 0. The first-order chi connectivity index (χ1) is 15.7. The summed E-state index contributed by atoms with van der Waals surface area (Å²) in [5, 5.41) is 0. The standard InChI is InChI=1S/C28H14N4.Mg/c1-5-17-21-9-11-23(29-21)18(6-2)25-13-15-27(31-25)20(8-4)28-16-14-26(32-28)19(7-3)24-12-10-22(17)30-24;/h1-4,9-16,29,32H;. The highest BCUT2D eigenvalue weighted by molar-refractivity contribution is 5.87. The fraction of sp³-hybridized carbons (Fsp3) is 0. The molecule has 4 nitrogen and oxygen atoms in total. The third kappa shape index (κ3) is 3.53. The van der Waals surface area contributed by atoms with E-state index in [1.807, 2.05) is 48.6 Å². The van der Waals surface area contributed by atoms with Gasteiger partial charge in [0.25, 0.3) is 0 Å². The molecule has 5 heterocycles. The van der Waals surface area contributed by atoms with Gasteiger partial charge in [0.1, 0.15) is 0 Å². The van der Waals surface area contributed by atoms with E-state index >= 15 is 0 Å². The Kier molecular flexibility index (Phi) is 5.70. The first kappa shape index (κ1) is 21.8. The number of rotatable bonds is 0. The SMILES string of the molecule is C#Cc1c2nc(c(C#C)c3ccc([nH]3)c(C#C)c3nc(c(C#C)c4ccc1[nH]4)C=C3)C=C2.[Mg]. The van der Waals surface area contributed by atoms with E-state index in [2.05, 4.69) is 33.6 Å². The van der Waals surface area contributed by atoms with Crippen molar-refractivity contribution in [3.05, 3.63) is 69.3 Å². The topological polar surface area (TPSA) is 57.4 Å². The summed E-state index contributed by atoms with van der Waals surface area (Å²) in [5.74, 6) is 10.9. The number of aromatic amines is 2. The number of nitrogens with one attached hydrogen (secondary N) is 2. The van der Waals surface area contributed by atoms with E-state index in [9.17, 15) is 0 Å². The highest BCUT2D eigenvalue weighted by Crippen LogP contribution is 2.25. The third-order valence-corrected chi connectivity index (χ3v) is 5.33. The van der Waals surface area contributed by atoms with Crippen molar-refractivity contribution >= 4 is 69.4 Å². The highest BCUT2D eigenvalue weighted by atomic mass is 24.3. The van der Waals surface area contributed by atoms with Crippen molar-refractivity contribution in [1.82, 2.24) is 19.9 Å². The Labute approximate surface area is 207 Å². The second-order valence-corrected chi connectivity index (χ2v) is 7.08. The van der Waals surface area contributed by atoms with Gasteiger partial charge in [-0.05, 0) is 48.6 Å². The van der Waals surface area contributed by atoms with Crippen LogP contribution in [-0.2, 0) is 0 Å². The van der Waals surface area contributed by atoms with Crippen molar-refractivity contribution in [2.24, 2.45) is 0 Å². The van der Waals surface area contributed by atoms with Crippen LogP contribution in [0.5, 0.6) is 0 Å². The highest BCUT2D eigenvalue weighted by Gasteiger charge is 2.13. The van der Waals surface area contributed by atoms with E-state index in [1.54, 1.807) is 0 Å². The van der Waals surface area contributed by atoms with Gasteiger partial charge in [0.05, 0.1) is 67.1 Å². The summed E-state index contributed by atoms with van der Waals surface area (Å²) in [5.41, 5.74) is 7.84. The Morgan fingerprint density at radius 3 is 0.939 bits per heavy atom. The average Bonchev–Trinajstić information content (AvgIpc) is 3.59. The summed E-state index contributed by atoms with van der Waals surface area (Å²) in [7, 11) is 0. The average molecular weight is 431 g/mol. The second kappa shape index (κ2) is 8.62. The van der Waals surface area contributed by atoms with Crippen molar-refractivity contribution in [3.8, 4) is 49.4 Å². The molecule has 0 fully saturated rings. The van der Waals surface area contributed by atoms with E-state index in [-0.39, 0.29) is 23.1 Å². The number of hydrogen-bond donors (Lipinski definition) is 2. The molecule has 0 unspecified atom stereocenters. The largest absolute Gasteiger partial charge is 0.353 e. The lowest BCUT2D eigenvalue weighted by Gasteiger charge is -1.96. The third-order valence-electron chi connectivity index (χ3n) is 5.33. The monoisotopic (exact) mass is 430 g/mol. The Bertz CT molecular complexity index is 1470. The van der Waals surface area contributed by atoms with Crippen molar-refractivity contribution in [3.63, 3.8) is 0 Å². The lowest BCUT2D eigenvalue weighted by Crippen LogP contribution is -1.88. The van der Waals surface area contributed by atoms with Crippen LogP contribution in [0.3, 0.4) is 0 Å². The van der Waals surface area contributed by atoms with E-state index < -0.39 is 0 Å². The summed E-state index contributed by atoms with van der Waals surface area (Å²) in [6.45, 7) is 0. The Morgan fingerprint density at radius 1 is 0.485 bits per heavy atom. The molecule has 3 aromatic rings. The van der Waals surface area contributed by atoms with Crippen molar-refractivity contribution in [2.75, 3.05) is 0 Å². The normalized spacial score (nSPS) is 11.0. The number of fused-ring (bicyclic) bond motifs is 8. The molecule has 3 aromatic heterocycles. The number of H-pyrrole nitrogens is 2. The van der Waals surface area contributed by atoms with E-state index in [0.29, 0.717) is 45.0 Å². The van der Waals surface area contributed by atoms with Gasteiger partial charge in [-0.2, -0.15) is 0 Å². The number of hydrogen-bond acceptors (Lipinski definition) is 2. The molecule has 2 aliphatic heterocycles.